The van der Waals surface area contributed by atoms with Crippen molar-refractivity contribution in [2.24, 2.45) is 5.73 Å². The number of nitrogens with two attached hydrogens (primary N) is 1. The molecule has 0 spiro atoms. The van der Waals surface area contributed by atoms with E-state index in [4.69, 9.17) is 17.3 Å². The Labute approximate surface area is 119 Å². The minimum atomic E-state index is -3.55. The molecule has 1 aromatic rings. The largest absolute Gasteiger partial charge is 0.329 e. The molecule has 4 nitrogen and oxygen atoms in total. The second-order valence-electron chi connectivity index (χ2n) is 4.93. The summed E-state index contributed by atoms with van der Waals surface area (Å²) >= 11 is 6.09. The summed E-state index contributed by atoms with van der Waals surface area (Å²) in [4.78, 5) is 0.181. The first-order valence-electron chi connectivity index (χ1n) is 6.45. The first-order valence-corrected chi connectivity index (χ1v) is 8.26. The molecule has 2 N–H and O–H groups in total. The second-order valence-corrected chi connectivity index (χ2v) is 7.20. The lowest BCUT2D eigenvalue weighted by Crippen LogP contribution is -2.47. The molecular formula is C13H19ClN2O2S. The average Bonchev–Trinajstić information content (AvgIpc) is 2.38. The van der Waals surface area contributed by atoms with Crippen LogP contribution in [0, 0.1) is 6.92 Å². The van der Waals surface area contributed by atoms with Crippen molar-refractivity contribution in [3.8, 4) is 0 Å². The maximum absolute atomic E-state index is 12.7. The molecule has 106 valence electrons. The third-order valence-corrected chi connectivity index (χ3v) is 5.95. The van der Waals surface area contributed by atoms with E-state index in [2.05, 4.69) is 0 Å². The van der Waals surface area contributed by atoms with Gasteiger partial charge in [0.2, 0.25) is 10.0 Å². The van der Waals surface area contributed by atoms with Gasteiger partial charge in [0.05, 0.1) is 5.02 Å². The Morgan fingerprint density at radius 3 is 2.79 bits per heavy atom. The molecular weight excluding hydrogens is 284 g/mol. The third-order valence-electron chi connectivity index (χ3n) is 3.52. The van der Waals surface area contributed by atoms with Crippen LogP contribution in [0.3, 0.4) is 0 Å². The monoisotopic (exact) mass is 302 g/mol. The van der Waals surface area contributed by atoms with Crippen molar-refractivity contribution in [1.82, 2.24) is 4.31 Å². The van der Waals surface area contributed by atoms with E-state index in [0.29, 0.717) is 13.1 Å². The minimum absolute atomic E-state index is 0.115. The zero-order chi connectivity index (χ0) is 14.0. The fourth-order valence-corrected chi connectivity index (χ4v) is 4.75. The van der Waals surface area contributed by atoms with Crippen molar-refractivity contribution in [2.45, 2.75) is 37.1 Å². The highest BCUT2D eigenvalue weighted by Crippen LogP contribution is 2.29. The number of hydrogen-bond donors (Lipinski definition) is 1. The van der Waals surface area contributed by atoms with Gasteiger partial charge in [-0.15, -0.1) is 0 Å². The lowest BCUT2D eigenvalue weighted by atomic mass is 10.1. The van der Waals surface area contributed by atoms with E-state index < -0.39 is 10.0 Å². The van der Waals surface area contributed by atoms with Crippen molar-refractivity contribution in [3.05, 3.63) is 28.8 Å². The van der Waals surface area contributed by atoms with E-state index >= 15 is 0 Å². The highest BCUT2D eigenvalue weighted by Gasteiger charge is 2.33. The molecule has 1 aliphatic heterocycles. The summed E-state index contributed by atoms with van der Waals surface area (Å²) in [6.45, 7) is 2.75. The molecule has 0 aromatic heterocycles. The zero-order valence-electron chi connectivity index (χ0n) is 11.0. The van der Waals surface area contributed by atoms with Crippen molar-refractivity contribution < 1.29 is 8.42 Å². The Bertz CT molecular complexity index is 560. The van der Waals surface area contributed by atoms with Crippen molar-refractivity contribution in [2.75, 3.05) is 13.1 Å². The van der Waals surface area contributed by atoms with Gasteiger partial charge in [0.25, 0.3) is 0 Å². The lowest BCUT2D eigenvalue weighted by Gasteiger charge is -2.34. The molecule has 1 aliphatic rings. The van der Waals surface area contributed by atoms with Crippen LogP contribution in [0.2, 0.25) is 5.02 Å². The third kappa shape index (κ3) is 2.94. The van der Waals surface area contributed by atoms with Crippen molar-refractivity contribution in [1.29, 1.82) is 0 Å². The van der Waals surface area contributed by atoms with Gasteiger partial charge in [-0.05, 0) is 37.5 Å². The highest BCUT2D eigenvalue weighted by atomic mass is 35.5. The maximum atomic E-state index is 12.7. The highest BCUT2D eigenvalue weighted by molar-refractivity contribution is 7.89. The smallest absolute Gasteiger partial charge is 0.244 e. The van der Waals surface area contributed by atoms with Crippen LogP contribution in [-0.4, -0.2) is 31.9 Å². The molecule has 1 atom stereocenters. The molecule has 1 heterocycles. The Morgan fingerprint density at radius 2 is 2.16 bits per heavy atom. The predicted octanol–water partition coefficient (Wildman–Crippen LogP) is 2.15. The lowest BCUT2D eigenvalue weighted by molar-refractivity contribution is 0.257. The molecule has 0 unspecified atom stereocenters. The first-order chi connectivity index (χ1) is 8.96. The summed E-state index contributed by atoms with van der Waals surface area (Å²) in [6.07, 6.45) is 2.72. The van der Waals surface area contributed by atoms with Crippen LogP contribution in [0.15, 0.2) is 23.1 Å². The van der Waals surface area contributed by atoms with E-state index in [0.717, 1.165) is 24.8 Å². The van der Waals surface area contributed by atoms with Crippen LogP contribution in [0.1, 0.15) is 24.8 Å². The summed E-state index contributed by atoms with van der Waals surface area (Å²) in [5, 5.41) is 0.279. The fourth-order valence-electron chi connectivity index (χ4n) is 2.47. The topological polar surface area (TPSA) is 63.4 Å². The molecule has 0 amide bonds. The van der Waals surface area contributed by atoms with Crippen molar-refractivity contribution >= 4 is 21.6 Å². The van der Waals surface area contributed by atoms with E-state index in [9.17, 15) is 8.42 Å². The van der Waals surface area contributed by atoms with Crippen LogP contribution in [0.4, 0.5) is 0 Å². The number of halogens is 1. The molecule has 1 fully saturated rings. The fraction of sp³-hybridized carbons (Fsp3) is 0.538. The van der Waals surface area contributed by atoms with Gasteiger partial charge in [-0.2, -0.15) is 4.31 Å². The average molecular weight is 303 g/mol. The zero-order valence-corrected chi connectivity index (χ0v) is 12.5. The van der Waals surface area contributed by atoms with E-state index in [1.165, 1.54) is 4.31 Å². The summed E-state index contributed by atoms with van der Waals surface area (Å²) in [5.41, 5.74) is 6.63. The molecule has 0 saturated carbocycles. The molecule has 0 radical (unpaired) electrons. The van der Waals surface area contributed by atoms with Gasteiger partial charge in [0.15, 0.2) is 0 Å². The number of hydrogen-bond acceptors (Lipinski definition) is 3. The maximum Gasteiger partial charge on any atom is 0.244 e. The van der Waals surface area contributed by atoms with Gasteiger partial charge in [0.1, 0.15) is 4.90 Å². The number of piperidine rings is 1. The Morgan fingerprint density at radius 1 is 1.42 bits per heavy atom. The molecule has 19 heavy (non-hydrogen) atoms. The van der Waals surface area contributed by atoms with Crippen LogP contribution >= 0.6 is 11.6 Å². The van der Waals surface area contributed by atoms with E-state index in [-0.39, 0.29) is 16.0 Å². The second kappa shape index (κ2) is 5.79. The number of sulfonamides is 1. The summed E-state index contributed by atoms with van der Waals surface area (Å²) in [5.74, 6) is 0. The minimum Gasteiger partial charge on any atom is -0.329 e. The van der Waals surface area contributed by atoms with Crippen molar-refractivity contribution in [3.63, 3.8) is 0 Å². The van der Waals surface area contributed by atoms with Gasteiger partial charge in [-0.1, -0.05) is 24.1 Å². The van der Waals surface area contributed by atoms with Crippen LogP contribution in [-0.2, 0) is 10.0 Å². The van der Waals surface area contributed by atoms with E-state index in [1.807, 2.05) is 6.92 Å². The summed E-state index contributed by atoms with van der Waals surface area (Å²) < 4.78 is 26.9. The van der Waals surface area contributed by atoms with Gasteiger partial charge >= 0.3 is 0 Å². The van der Waals surface area contributed by atoms with Gasteiger partial charge in [0, 0.05) is 19.1 Å². The number of aryl methyl sites for hydroxylation is 1. The summed E-state index contributed by atoms with van der Waals surface area (Å²) in [6, 6.07) is 4.90. The van der Waals surface area contributed by atoms with Crippen LogP contribution < -0.4 is 5.73 Å². The Balaban J connectivity index is 2.40. The summed E-state index contributed by atoms with van der Waals surface area (Å²) in [7, 11) is -3.55. The Kier molecular flexibility index (Phi) is 4.50. The molecule has 1 saturated heterocycles. The molecule has 6 heteroatoms. The Hall–Kier alpha value is -0.620. The van der Waals surface area contributed by atoms with Crippen LogP contribution in [0.25, 0.3) is 0 Å². The van der Waals surface area contributed by atoms with Gasteiger partial charge in [-0.25, -0.2) is 8.42 Å². The quantitative estimate of drug-likeness (QED) is 0.930. The molecule has 0 bridgehead atoms. The SMILES string of the molecule is Cc1ccc(S(=O)(=O)N2CCCC[C@H]2CN)c(Cl)c1. The normalized spacial score (nSPS) is 21.5. The standard InChI is InChI=1S/C13H19ClN2O2S/c1-10-5-6-13(12(14)8-10)19(17,18)16-7-3-2-4-11(16)9-15/h5-6,8,11H,2-4,7,9,15H2,1H3/t11-/m0/s1. The van der Waals surface area contributed by atoms with Gasteiger partial charge < -0.3 is 5.73 Å². The van der Waals surface area contributed by atoms with Crippen LogP contribution in [0.5, 0.6) is 0 Å². The molecule has 2 rings (SSSR count). The van der Waals surface area contributed by atoms with E-state index in [1.54, 1.807) is 18.2 Å². The predicted molar refractivity (Wildman–Crippen MR) is 76.8 cm³/mol. The molecule has 1 aromatic carbocycles. The number of benzene rings is 1. The molecule has 0 aliphatic carbocycles. The first kappa shape index (κ1) is 14.8. The number of rotatable bonds is 3. The number of nitrogens with zero attached hydrogens (tertiary/aromatic N) is 1. The van der Waals surface area contributed by atoms with Gasteiger partial charge in [-0.3, -0.25) is 0 Å².